The van der Waals surface area contributed by atoms with Crippen LogP contribution in [0.15, 0.2) is 60.8 Å². The Morgan fingerprint density at radius 2 is 1.71 bits per heavy atom. The molecule has 0 atom stereocenters. The molecule has 5 heteroatoms. The lowest BCUT2D eigenvalue weighted by atomic mass is 9.77. The molecule has 0 unspecified atom stereocenters. The lowest BCUT2D eigenvalue weighted by molar-refractivity contribution is 0.0746. The molecule has 5 nitrogen and oxygen atoms in total. The number of rotatable bonds is 3. The first-order chi connectivity index (χ1) is 13.6. The second-order valence-corrected chi connectivity index (χ2v) is 7.59. The van der Waals surface area contributed by atoms with Crippen LogP contribution < -0.4 is 5.73 Å². The third-order valence-electron chi connectivity index (χ3n) is 5.73. The first kappa shape index (κ1) is 17.0. The van der Waals surface area contributed by atoms with Gasteiger partial charge in [-0.15, -0.1) is 5.10 Å². The summed E-state index contributed by atoms with van der Waals surface area (Å²) in [6, 6.07) is 18.8. The van der Waals surface area contributed by atoms with E-state index in [1.165, 1.54) is 5.56 Å². The second kappa shape index (κ2) is 6.46. The third-order valence-corrected chi connectivity index (χ3v) is 5.73. The number of aryl methyl sites for hydroxylation is 1. The molecule has 4 aromatic rings. The van der Waals surface area contributed by atoms with Gasteiger partial charge in [-0.3, -0.25) is 0 Å². The van der Waals surface area contributed by atoms with Crippen molar-refractivity contribution >= 4 is 11.5 Å². The van der Waals surface area contributed by atoms with E-state index in [1.807, 2.05) is 31.3 Å². The number of hydrogen-bond acceptors (Lipinski definition) is 4. The van der Waals surface area contributed by atoms with Gasteiger partial charge in [-0.05, 0) is 36.8 Å². The molecule has 1 fully saturated rings. The van der Waals surface area contributed by atoms with E-state index >= 15 is 0 Å². The topological polar surface area (TPSA) is 76.4 Å². The molecule has 0 amide bonds. The van der Waals surface area contributed by atoms with Gasteiger partial charge in [-0.2, -0.15) is 0 Å². The summed E-state index contributed by atoms with van der Waals surface area (Å²) in [5.41, 5.74) is 13.1. The van der Waals surface area contributed by atoms with E-state index in [0.29, 0.717) is 11.7 Å². The number of anilines is 1. The van der Waals surface area contributed by atoms with E-state index in [0.717, 1.165) is 46.4 Å². The van der Waals surface area contributed by atoms with Crippen LogP contribution in [0.4, 0.5) is 5.82 Å². The molecule has 140 valence electrons. The third kappa shape index (κ3) is 2.75. The van der Waals surface area contributed by atoms with Crippen molar-refractivity contribution in [2.45, 2.75) is 31.8 Å². The summed E-state index contributed by atoms with van der Waals surface area (Å²) < 4.78 is 1.76. The van der Waals surface area contributed by atoms with E-state index in [-0.39, 0.29) is 6.10 Å². The molecule has 1 aliphatic carbocycles. The summed E-state index contributed by atoms with van der Waals surface area (Å²) in [6.45, 7) is 1.95. The van der Waals surface area contributed by atoms with Crippen LogP contribution in [0, 0.1) is 6.92 Å². The highest BCUT2D eigenvalue weighted by atomic mass is 16.3. The maximum Gasteiger partial charge on any atom is 0.160 e. The van der Waals surface area contributed by atoms with Gasteiger partial charge >= 0.3 is 0 Å². The normalized spacial score (nSPS) is 18.9. The number of nitrogens with two attached hydrogens (primary N) is 1. The molecule has 3 N–H and O–H groups in total. The molecule has 0 saturated heterocycles. The molecule has 0 spiro atoms. The van der Waals surface area contributed by atoms with Crippen molar-refractivity contribution in [3.63, 3.8) is 0 Å². The van der Waals surface area contributed by atoms with Gasteiger partial charge in [0.15, 0.2) is 11.5 Å². The van der Waals surface area contributed by atoms with Crippen molar-refractivity contribution in [2.75, 3.05) is 5.73 Å². The summed E-state index contributed by atoms with van der Waals surface area (Å²) in [5, 5.41) is 14.0. The molecule has 5 rings (SSSR count). The second-order valence-electron chi connectivity index (χ2n) is 7.59. The summed E-state index contributed by atoms with van der Waals surface area (Å²) in [5.74, 6) is 0.965. The zero-order chi connectivity index (χ0) is 19.3. The monoisotopic (exact) mass is 370 g/mol. The van der Waals surface area contributed by atoms with Crippen LogP contribution in [0.5, 0.6) is 0 Å². The Morgan fingerprint density at radius 1 is 1.00 bits per heavy atom. The number of nitrogen functional groups attached to an aromatic ring is 1. The Bertz CT molecular complexity index is 1140. The lowest BCUT2D eigenvalue weighted by Crippen LogP contribution is -2.26. The minimum Gasteiger partial charge on any atom is -0.393 e. The predicted molar refractivity (Wildman–Crippen MR) is 111 cm³/mol. The van der Waals surface area contributed by atoms with Crippen molar-refractivity contribution in [3.05, 3.63) is 71.9 Å². The SMILES string of the molecule is Cc1c(N)nn2cc(-c3ccccc3)c(-c3ccc(C4CC(O)C4)cc3)nc12. The van der Waals surface area contributed by atoms with Crippen LogP contribution in [0.2, 0.25) is 0 Å². The average Bonchev–Trinajstić information content (AvgIpc) is 2.99. The van der Waals surface area contributed by atoms with Crippen LogP contribution in [0.3, 0.4) is 0 Å². The van der Waals surface area contributed by atoms with Crippen LogP contribution in [0.25, 0.3) is 28.0 Å². The fourth-order valence-electron chi connectivity index (χ4n) is 3.92. The first-order valence-electron chi connectivity index (χ1n) is 9.59. The molecule has 1 aliphatic rings. The number of fused-ring (bicyclic) bond motifs is 1. The number of benzene rings is 2. The Kier molecular flexibility index (Phi) is 3.91. The van der Waals surface area contributed by atoms with E-state index in [4.69, 9.17) is 10.7 Å². The van der Waals surface area contributed by atoms with E-state index < -0.39 is 0 Å². The first-order valence-corrected chi connectivity index (χ1v) is 9.59. The highest BCUT2D eigenvalue weighted by molar-refractivity contribution is 5.82. The molecular weight excluding hydrogens is 348 g/mol. The Balaban J connectivity index is 1.65. The lowest BCUT2D eigenvalue weighted by Gasteiger charge is -2.31. The molecule has 2 aromatic carbocycles. The molecule has 0 radical (unpaired) electrons. The Labute approximate surface area is 163 Å². The van der Waals surface area contributed by atoms with Gasteiger partial charge < -0.3 is 10.8 Å². The van der Waals surface area contributed by atoms with E-state index in [1.54, 1.807) is 4.52 Å². The van der Waals surface area contributed by atoms with Crippen molar-refractivity contribution in [3.8, 4) is 22.4 Å². The molecule has 28 heavy (non-hydrogen) atoms. The van der Waals surface area contributed by atoms with Gasteiger partial charge in [0, 0.05) is 22.9 Å². The molecule has 1 saturated carbocycles. The predicted octanol–water partition coefficient (Wildman–Crippen LogP) is 4.19. The number of aromatic nitrogens is 3. The van der Waals surface area contributed by atoms with Crippen LogP contribution in [0.1, 0.15) is 29.9 Å². The molecule has 2 aromatic heterocycles. The number of aliphatic hydroxyl groups excluding tert-OH is 1. The standard InChI is InChI=1S/C23H22N4O/c1-14-22(24)26-27-13-20(16-5-3-2-4-6-16)21(25-23(14)27)17-9-7-15(8-10-17)18-11-19(28)12-18/h2-10,13,18-19,28H,11-12H2,1H3,(H2,24,26). The van der Waals surface area contributed by atoms with Gasteiger partial charge in [0.25, 0.3) is 0 Å². The van der Waals surface area contributed by atoms with Gasteiger partial charge in [-0.1, -0.05) is 54.6 Å². The van der Waals surface area contributed by atoms with Gasteiger partial charge in [0.05, 0.1) is 11.8 Å². The molecule has 2 heterocycles. The summed E-state index contributed by atoms with van der Waals surface area (Å²) >= 11 is 0. The van der Waals surface area contributed by atoms with Crippen LogP contribution >= 0.6 is 0 Å². The molecule has 0 bridgehead atoms. The summed E-state index contributed by atoms with van der Waals surface area (Å²) in [4.78, 5) is 4.94. The van der Waals surface area contributed by atoms with Gasteiger partial charge in [0.1, 0.15) is 0 Å². The quantitative estimate of drug-likeness (QED) is 0.567. The number of nitrogens with zero attached hydrogens (tertiary/aromatic N) is 3. The number of aliphatic hydroxyl groups is 1. The van der Waals surface area contributed by atoms with Crippen molar-refractivity contribution in [2.24, 2.45) is 0 Å². The average molecular weight is 370 g/mol. The molecular formula is C23H22N4O. The van der Waals surface area contributed by atoms with Gasteiger partial charge in [0.2, 0.25) is 0 Å². The Morgan fingerprint density at radius 3 is 2.39 bits per heavy atom. The zero-order valence-electron chi connectivity index (χ0n) is 15.7. The van der Waals surface area contributed by atoms with Crippen molar-refractivity contribution in [1.82, 2.24) is 14.6 Å². The summed E-state index contributed by atoms with van der Waals surface area (Å²) in [7, 11) is 0. The van der Waals surface area contributed by atoms with Crippen molar-refractivity contribution < 1.29 is 5.11 Å². The van der Waals surface area contributed by atoms with Crippen LogP contribution in [-0.4, -0.2) is 25.8 Å². The largest absolute Gasteiger partial charge is 0.393 e. The fraction of sp³-hybridized carbons (Fsp3) is 0.217. The van der Waals surface area contributed by atoms with Gasteiger partial charge in [-0.25, -0.2) is 9.50 Å². The Hall–Kier alpha value is -3.18. The highest BCUT2D eigenvalue weighted by Crippen LogP contribution is 2.38. The fourth-order valence-corrected chi connectivity index (χ4v) is 3.92. The van der Waals surface area contributed by atoms with E-state index in [2.05, 4.69) is 41.5 Å². The summed E-state index contributed by atoms with van der Waals surface area (Å²) in [6.07, 6.45) is 3.57. The highest BCUT2D eigenvalue weighted by Gasteiger charge is 2.28. The maximum absolute atomic E-state index is 9.57. The van der Waals surface area contributed by atoms with Crippen molar-refractivity contribution in [1.29, 1.82) is 0 Å². The zero-order valence-corrected chi connectivity index (χ0v) is 15.7. The molecule has 0 aliphatic heterocycles. The minimum atomic E-state index is -0.145. The smallest absolute Gasteiger partial charge is 0.160 e. The van der Waals surface area contributed by atoms with E-state index in [9.17, 15) is 5.11 Å². The minimum absolute atomic E-state index is 0.145. The maximum atomic E-state index is 9.57. The van der Waals surface area contributed by atoms with Crippen LogP contribution in [-0.2, 0) is 0 Å². The number of hydrogen-bond donors (Lipinski definition) is 2.